The van der Waals surface area contributed by atoms with Crippen LogP contribution in [0.15, 0.2) is 12.4 Å². The highest BCUT2D eigenvalue weighted by molar-refractivity contribution is 5.81. The van der Waals surface area contributed by atoms with Gasteiger partial charge in [-0.3, -0.25) is 9.48 Å². The fourth-order valence-electron chi connectivity index (χ4n) is 1.67. The molecular weight excluding hydrogens is 228 g/mol. The van der Waals surface area contributed by atoms with Crippen LogP contribution in [-0.4, -0.2) is 28.3 Å². The van der Waals surface area contributed by atoms with Crippen molar-refractivity contribution in [1.29, 1.82) is 0 Å². The summed E-state index contributed by atoms with van der Waals surface area (Å²) in [5.41, 5.74) is 1.09. The maximum absolute atomic E-state index is 11.7. The first-order valence-electron chi connectivity index (χ1n) is 6.62. The number of unbranched alkanes of at least 4 members (excludes halogenated alkanes) is 2. The van der Waals surface area contributed by atoms with Gasteiger partial charge < -0.3 is 10.6 Å². The number of nitrogens with one attached hydrogen (secondary N) is 2. The third kappa shape index (κ3) is 5.31. The predicted octanol–water partition coefficient (Wildman–Crippen LogP) is 1.20. The van der Waals surface area contributed by atoms with Gasteiger partial charge in [0, 0.05) is 31.9 Å². The Bertz CT molecular complexity index is 362. The quantitative estimate of drug-likeness (QED) is 0.684. The summed E-state index contributed by atoms with van der Waals surface area (Å²) >= 11 is 0. The molecule has 0 saturated carbocycles. The first-order valence-corrected chi connectivity index (χ1v) is 6.62. The number of amides is 1. The molecule has 0 bridgehead atoms. The summed E-state index contributed by atoms with van der Waals surface area (Å²) in [6, 6.07) is -0.174. The molecule has 2 N–H and O–H groups in total. The summed E-state index contributed by atoms with van der Waals surface area (Å²) < 4.78 is 1.76. The smallest absolute Gasteiger partial charge is 0.236 e. The average molecular weight is 252 g/mol. The SMILES string of the molecule is CCCCCNC(=O)C(C)NCc1cnn(C)c1. The largest absolute Gasteiger partial charge is 0.355 e. The van der Waals surface area contributed by atoms with Crippen LogP contribution < -0.4 is 10.6 Å². The summed E-state index contributed by atoms with van der Waals surface area (Å²) in [6.07, 6.45) is 7.14. The third-order valence-corrected chi connectivity index (χ3v) is 2.84. The van der Waals surface area contributed by atoms with Crippen molar-refractivity contribution in [1.82, 2.24) is 20.4 Å². The van der Waals surface area contributed by atoms with Crippen molar-refractivity contribution >= 4 is 5.91 Å². The van der Waals surface area contributed by atoms with E-state index in [2.05, 4.69) is 22.7 Å². The lowest BCUT2D eigenvalue weighted by Crippen LogP contribution is -2.42. The number of aromatic nitrogens is 2. The van der Waals surface area contributed by atoms with Crippen molar-refractivity contribution in [2.45, 2.75) is 45.7 Å². The van der Waals surface area contributed by atoms with Crippen LogP contribution in [0.3, 0.4) is 0 Å². The summed E-state index contributed by atoms with van der Waals surface area (Å²) in [6.45, 7) is 5.47. The Hall–Kier alpha value is -1.36. The van der Waals surface area contributed by atoms with Crippen LogP contribution >= 0.6 is 0 Å². The molecule has 5 heteroatoms. The van der Waals surface area contributed by atoms with E-state index in [9.17, 15) is 4.79 Å². The number of carbonyl (C=O) groups excluding carboxylic acids is 1. The minimum absolute atomic E-state index is 0.0648. The van der Waals surface area contributed by atoms with Gasteiger partial charge in [0.25, 0.3) is 0 Å². The number of carbonyl (C=O) groups is 1. The van der Waals surface area contributed by atoms with Crippen molar-refractivity contribution in [2.75, 3.05) is 6.54 Å². The zero-order chi connectivity index (χ0) is 13.4. The number of rotatable bonds is 8. The van der Waals surface area contributed by atoms with Gasteiger partial charge in [0.1, 0.15) is 0 Å². The van der Waals surface area contributed by atoms with Gasteiger partial charge >= 0.3 is 0 Å². The Morgan fingerprint density at radius 2 is 2.28 bits per heavy atom. The molecule has 1 rings (SSSR count). The molecule has 0 aliphatic rings. The molecule has 0 saturated heterocycles. The van der Waals surface area contributed by atoms with Gasteiger partial charge in [0.2, 0.25) is 5.91 Å². The Kier molecular flexibility index (Phi) is 6.43. The van der Waals surface area contributed by atoms with Crippen molar-refractivity contribution in [3.63, 3.8) is 0 Å². The van der Waals surface area contributed by atoms with Gasteiger partial charge in [-0.1, -0.05) is 19.8 Å². The number of hydrogen-bond donors (Lipinski definition) is 2. The molecule has 0 radical (unpaired) electrons. The lowest BCUT2D eigenvalue weighted by Gasteiger charge is -2.13. The summed E-state index contributed by atoms with van der Waals surface area (Å²) in [5.74, 6) is 0.0648. The van der Waals surface area contributed by atoms with Crippen LogP contribution in [0.2, 0.25) is 0 Å². The third-order valence-electron chi connectivity index (χ3n) is 2.84. The van der Waals surface area contributed by atoms with Crippen molar-refractivity contribution in [3.05, 3.63) is 18.0 Å². The lowest BCUT2D eigenvalue weighted by molar-refractivity contribution is -0.122. The molecule has 1 aromatic heterocycles. The van der Waals surface area contributed by atoms with Gasteiger partial charge in [-0.25, -0.2) is 0 Å². The van der Waals surface area contributed by atoms with Crippen LogP contribution in [-0.2, 0) is 18.4 Å². The minimum Gasteiger partial charge on any atom is -0.355 e. The average Bonchev–Trinajstić information content (AvgIpc) is 2.77. The summed E-state index contributed by atoms with van der Waals surface area (Å²) in [4.78, 5) is 11.7. The minimum atomic E-state index is -0.174. The second kappa shape index (κ2) is 7.87. The van der Waals surface area contributed by atoms with E-state index in [0.29, 0.717) is 6.54 Å². The number of nitrogens with zero attached hydrogens (tertiary/aromatic N) is 2. The molecule has 1 aromatic rings. The topological polar surface area (TPSA) is 59.0 Å². The van der Waals surface area contributed by atoms with E-state index in [-0.39, 0.29) is 11.9 Å². The van der Waals surface area contributed by atoms with Crippen LogP contribution in [0.4, 0.5) is 0 Å². The summed E-state index contributed by atoms with van der Waals surface area (Å²) in [7, 11) is 1.88. The van der Waals surface area contributed by atoms with Gasteiger partial charge in [-0.05, 0) is 13.3 Å². The fraction of sp³-hybridized carbons (Fsp3) is 0.692. The zero-order valence-electron chi connectivity index (χ0n) is 11.6. The standard InChI is InChI=1S/C13H24N4O/c1-4-5-6-7-14-13(18)11(2)15-8-12-9-16-17(3)10-12/h9-11,15H,4-8H2,1-3H3,(H,14,18). The van der Waals surface area contributed by atoms with Gasteiger partial charge in [-0.2, -0.15) is 5.10 Å². The normalized spacial score (nSPS) is 12.4. The monoisotopic (exact) mass is 252 g/mol. The van der Waals surface area contributed by atoms with Gasteiger partial charge in [0.05, 0.1) is 12.2 Å². The van der Waals surface area contributed by atoms with E-state index in [1.165, 1.54) is 6.42 Å². The van der Waals surface area contributed by atoms with Crippen LogP contribution in [0.5, 0.6) is 0 Å². The number of aryl methyl sites for hydroxylation is 1. The first-order chi connectivity index (χ1) is 8.63. The molecule has 0 aliphatic carbocycles. The van der Waals surface area contributed by atoms with Gasteiger partial charge in [-0.15, -0.1) is 0 Å². The molecular formula is C13H24N4O. The summed E-state index contributed by atoms with van der Waals surface area (Å²) in [5, 5.41) is 10.2. The molecule has 0 spiro atoms. The van der Waals surface area contributed by atoms with Crippen molar-refractivity contribution < 1.29 is 4.79 Å². The molecule has 1 amide bonds. The van der Waals surface area contributed by atoms with E-state index in [1.807, 2.05) is 20.2 Å². The Labute approximate surface area is 109 Å². The van der Waals surface area contributed by atoms with Gasteiger partial charge in [0.15, 0.2) is 0 Å². The maximum atomic E-state index is 11.7. The lowest BCUT2D eigenvalue weighted by atomic mass is 10.2. The predicted molar refractivity (Wildman–Crippen MR) is 72.0 cm³/mol. The highest BCUT2D eigenvalue weighted by Crippen LogP contribution is 1.96. The molecule has 1 heterocycles. The first kappa shape index (κ1) is 14.7. The molecule has 102 valence electrons. The highest BCUT2D eigenvalue weighted by Gasteiger charge is 2.11. The molecule has 5 nitrogen and oxygen atoms in total. The van der Waals surface area contributed by atoms with E-state index < -0.39 is 0 Å². The Morgan fingerprint density at radius 3 is 2.89 bits per heavy atom. The van der Waals surface area contributed by atoms with E-state index >= 15 is 0 Å². The fourth-order valence-corrected chi connectivity index (χ4v) is 1.67. The Balaban J connectivity index is 2.19. The molecule has 1 unspecified atom stereocenters. The molecule has 18 heavy (non-hydrogen) atoms. The molecule has 0 aliphatic heterocycles. The van der Waals surface area contributed by atoms with E-state index in [0.717, 1.165) is 24.9 Å². The Morgan fingerprint density at radius 1 is 1.50 bits per heavy atom. The number of hydrogen-bond acceptors (Lipinski definition) is 3. The molecule has 0 aromatic carbocycles. The zero-order valence-corrected chi connectivity index (χ0v) is 11.6. The van der Waals surface area contributed by atoms with Crippen LogP contribution in [0, 0.1) is 0 Å². The maximum Gasteiger partial charge on any atom is 0.236 e. The van der Waals surface area contributed by atoms with E-state index in [1.54, 1.807) is 10.9 Å². The molecule has 1 atom stereocenters. The van der Waals surface area contributed by atoms with Crippen LogP contribution in [0.25, 0.3) is 0 Å². The highest BCUT2D eigenvalue weighted by atomic mass is 16.2. The van der Waals surface area contributed by atoms with Crippen molar-refractivity contribution in [3.8, 4) is 0 Å². The second-order valence-corrected chi connectivity index (χ2v) is 4.62. The molecule has 0 fully saturated rings. The van der Waals surface area contributed by atoms with Crippen LogP contribution in [0.1, 0.15) is 38.7 Å². The van der Waals surface area contributed by atoms with Crippen molar-refractivity contribution in [2.24, 2.45) is 7.05 Å². The van der Waals surface area contributed by atoms with E-state index in [4.69, 9.17) is 0 Å². The second-order valence-electron chi connectivity index (χ2n) is 4.62.